The van der Waals surface area contributed by atoms with E-state index in [1.807, 2.05) is 24.3 Å². The van der Waals surface area contributed by atoms with Crippen molar-refractivity contribution in [3.05, 3.63) is 70.8 Å². The Labute approximate surface area is 109 Å². The topological polar surface area (TPSA) is 20.2 Å². The van der Waals surface area contributed by atoms with Crippen LogP contribution in [0.15, 0.2) is 48.5 Å². The van der Waals surface area contributed by atoms with Crippen molar-refractivity contribution in [1.29, 1.82) is 0 Å². The zero-order valence-corrected chi connectivity index (χ0v) is 11.1. The Morgan fingerprint density at radius 3 is 2.28 bits per heavy atom. The quantitative estimate of drug-likeness (QED) is 0.857. The van der Waals surface area contributed by atoms with Gasteiger partial charge in [-0.1, -0.05) is 54.1 Å². The van der Waals surface area contributed by atoms with Crippen LogP contribution >= 0.6 is 0 Å². The largest absolute Gasteiger partial charge is 0.388 e. The van der Waals surface area contributed by atoms with Gasteiger partial charge in [-0.25, -0.2) is 0 Å². The number of hydrogen-bond donors (Lipinski definition) is 1. The average Bonchev–Trinajstić information content (AvgIpc) is 2.38. The van der Waals surface area contributed by atoms with Crippen LogP contribution in [0, 0.1) is 13.8 Å². The monoisotopic (exact) mass is 240 g/mol. The Morgan fingerprint density at radius 2 is 1.61 bits per heavy atom. The molecule has 1 nitrogen and oxygen atoms in total. The summed E-state index contributed by atoms with van der Waals surface area (Å²) in [6.07, 6.45) is 1.32. The second-order valence-electron chi connectivity index (χ2n) is 4.89. The number of aliphatic hydroxyl groups excluding tert-OH is 1. The first-order chi connectivity index (χ1) is 8.66. The van der Waals surface area contributed by atoms with E-state index in [4.69, 9.17) is 0 Å². The molecular weight excluding hydrogens is 220 g/mol. The van der Waals surface area contributed by atoms with E-state index in [2.05, 4.69) is 38.1 Å². The molecule has 0 heterocycles. The Bertz CT molecular complexity index is 499. The maximum Gasteiger partial charge on any atom is 0.0793 e. The molecule has 0 aliphatic rings. The van der Waals surface area contributed by atoms with Crippen molar-refractivity contribution in [1.82, 2.24) is 0 Å². The molecule has 0 bridgehead atoms. The fourth-order valence-corrected chi connectivity index (χ4v) is 2.14. The second-order valence-corrected chi connectivity index (χ2v) is 4.89. The molecule has 18 heavy (non-hydrogen) atoms. The molecule has 2 rings (SSSR count). The van der Waals surface area contributed by atoms with E-state index in [-0.39, 0.29) is 6.10 Å². The van der Waals surface area contributed by atoms with Crippen LogP contribution in [0.5, 0.6) is 0 Å². The molecule has 2 aromatic carbocycles. The van der Waals surface area contributed by atoms with Crippen LogP contribution in [0.2, 0.25) is 0 Å². The lowest BCUT2D eigenvalue weighted by Gasteiger charge is -2.12. The van der Waals surface area contributed by atoms with Crippen LogP contribution in [0.25, 0.3) is 0 Å². The highest BCUT2D eigenvalue weighted by Gasteiger charge is 2.08. The first-order valence-corrected chi connectivity index (χ1v) is 6.46. The van der Waals surface area contributed by atoms with Gasteiger partial charge in [0.05, 0.1) is 6.10 Å². The molecule has 1 atom stereocenters. The number of aliphatic hydroxyl groups is 1. The van der Waals surface area contributed by atoms with Crippen LogP contribution in [-0.4, -0.2) is 5.11 Å². The lowest BCUT2D eigenvalue weighted by atomic mass is 9.98. The van der Waals surface area contributed by atoms with E-state index in [1.54, 1.807) is 0 Å². The third kappa shape index (κ3) is 3.21. The highest BCUT2D eigenvalue weighted by Crippen LogP contribution is 2.20. The SMILES string of the molecule is Cc1ccc(C(O)CCc2ccccc2C)cc1. The van der Waals surface area contributed by atoms with Gasteiger partial charge in [-0.3, -0.25) is 0 Å². The highest BCUT2D eigenvalue weighted by atomic mass is 16.3. The fourth-order valence-electron chi connectivity index (χ4n) is 2.14. The zero-order valence-electron chi connectivity index (χ0n) is 11.1. The minimum atomic E-state index is -0.370. The van der Waals surface area contributed by atoms with Crippen molar-refractivity contribution >= 4 is 0 Å². The molecule has 0 aromatic heterocycles. The summed E-state index contributed by atoms with van der Waals surface area (Å²) in [6, 6.07) is 16.5. The molecule has 0 amide bonds. The van der Waals surface area contributed by atoms with Gasteiger partial charge in [-0.15, -0.1) is 0 Å². The molecule has 94 valence electrons. The maximum absolute atomic E-state index is 10.2. The molecule has 0 aliphatic carbocycles. The van der Waals surface area contributed by atoms with E-state index >= 15 is 0 Å². The normalized spacial score (nSPS) is 12.4. The van der Waals surface area contributed by atoms with Crippen LogP contribution < -0.4 is 0 Å². The van der Waals surface area contributed by atoms with Gasteiger partial charge in [-0.05, 0) is 43.4 Å². The molecule has 1 unspecified atom stereocenters. The van der Waals surface area contributed by atoms with Gasteiger partial charge in [-0.2, -0.15) is 0 Å². The average molecular weight is 240 g/mol. The van der Waals surface area contributed by atoms with Crippen molar-refractivity contribution in [3.8, 4) is 0 Å². The summed E-state index contributed by atoms with van der Waals surface area (Å²) in [5.41, 5.74) is 4.86. The standard InChI is InChI=1S/C17H20O/c1-13-7-9-16(10-8-13)17(18)12-11-15-6-4-3-5-14(15)2/h3-10,17-18H,11-12H2,1-2H3. The van der Waals surface area contributed by atoms with Crippen LogP contribution in [0.4, 0.5) is 0 Å². The fraction of sp³-hybridized carbons (Fsp3) is 0.294. The van der Waals surface area contributed by atoms with E-state index in [0.717, 1.165) is 18.4 Å². The van der Waals surface area contributed by atoms with Gasteiger partial charge >= 0.3 is 0 Å². The van der Waals surface area contributed by atoms with Crippen LogP contribution in [-0.2, 0) is 6.42 Å². The highest BCUT2D eigenvalue weighted by molar-refractivity contribution is 5.27. The number of hydrogen-bond acceptors (Lipinski definition) is 1. The Hall–Kier alpha value is -1.60. The Kier molecular flexibility index (Phi) is 4.16. The summed E-state index contributed by atoms with van der Waals surface area (Å²) >= 11 is 0. The lowest BCUT2D eigenvalue weighted by Crippen LogP contribution is -2.00. The van der Waals surface area contributed by atoms with E-state index < -0.39 is 0 Å². The van der Waals surface area contributed by atoms with Crippen molar-refractivity contribution < 1.29 is 5.11 Å². The Balaban J connectivity index is 1.98. The Morgan fingerprint density at radius 1 is 0.944 bits per heavy atom. The molecule has 0 fully saturated rings. The number of aryl methyl sites for hydroxylation is 3. The summed E-state index contributed by atoms with van der Waals surface area (Å²) in [5.74, 6) is 0. The third-order valence-corrected chi connectivity index (χ3v) is 3.41. The van der Waals surface area contributed by atoms with Crippen LogP contribution in [0.1, 0.15) is 34.8 Å². The van der Waals surface area contributed by atoms with Gasteiger partial charge in [0.25, 0.3) is 0 Å². The summed E-state index contributed by atoms with van der Waals surface area (Å²) in [4.78, 5) is 0. The third-order valence-electron chi connectivity index (χ3n) is 3.41. The second kappa shape index (κ2) is 5.83. The molecular formula is C17H20O. The molecule has 0 spiro atoms. The molecule has 0 radical (unpaired) electrons. The molecule has 0 aliphatic heterocycles. The first kappa shape index (κ1) is 12.8. The molecule has 0 saturated carbocycles. The molecule has 0 saturated heterocycles. The van der Waals surface area contributed by atoms with Crippen molar-refractivity contribution in [3.63, 3.8) is 0 Å². The van der Waals surface area contributed by atoms with Crippen LogP contribution in [0.3, 0.4) is 0 Å². The minimum Gasteiger partial charge on any atom is -0.388 e. The van der Waals surface area contributed by atoms with E-state index in [0.29, 0.717) is 0 Å². The van der Waals surface area contributed by atoms with E-state index in [9.17, 15) is 5.11 Å². The summed E-state index contributed by atoms with van der Waals surface area (Å²) < 4.78 is 0. The summed E-state index contributed by atoms with van der Waals surface area (Å²) in [7, 11) is 0. The van der Waals surface area contributed by atoms with Gasteiger partial charge in [0.1, 0.15) is 0 Å². The number of benzene rings is 2. The molecule has 1 N–H and O–H groups in total. The minimum absolute atomic E-state index is 0.370. The van der Waals surface area contributed by atoms with Crippen molar-refractivity contribution in [2.24, 2.45) is 0 Å². The smallest absolute Gasteiger partial charge is 0.0793 e. The molecule has 1 heteroatoms. The van der Waals surface area contributed by atoms with Gasteiger partial charge in [0, 0.05) is 0 Å². The zero-order chi connectivity index (χ0) is 13.0. The lowest BCUT2D eigenvalue weighted by molar-refractivity contribution is 0.168. The van der Waals surface area contributed by atoms with Gasteiger partial charge < -0.3 is 5.11 Å². The predicted molar refractivity (Wildman–Crippen MR) is 75.6 cm³/mol. The van der Waals surface area contributed by atoms with Gasteiger partial charge in [0.2, 0.25) is 0 Å². The predicted octanol–water partition coefficient (Wildman–Crippen LogP) is 3.97. The molecule has 2 aromatic rings. The summed E-state index contributed by atoms with van der Waals surface area (Å²) in [5, 5.41) is 10.2. The first-order valence-electron chi connectivity index (χ1n) is 6.46. The summed E-state index contributed by atoms with van der Waals surface area (Å²) in [6.45, 7) is 4.18. The van der Waals surface area contributed by atoms with Crippen molar-refractivity contribution in [2.45, 2.75) is 32.8 Å². The van der Waals surface area contributed by atoms with Crippen molar-refractivity contribution in [2.75, 3.05) is 0 Å². The number of rotatable bonds is 4. The maximum atomic E-state index is 10.2. The van der Waals surface area contributed by atoms with Gasteiger partial charge in [0.15, 0.2) is 0 Å². The van der Waals surface area contributed by atoms with E-state index in [1.165, 1.54) is 16.7 Å².